The maximum atomic E-state index is 13.1. The number of sulfonamides is 1. The van der Waals surface area contributed by atoms with Crippen molar-refractivity contribution in [1.82, 2.24) is 4.31 Å². The first-order chi connectivity index (χ1) is 12.4. The summed E-state index contributed by atoms with van der Waals surface area (Å²) in [6.07, 6.45) is 0.780. The third kappa shape index (κ3) is 2.72. The molecule has 4 nitrogen and oxygen atoms in total. The molecule has 1 heterocycles. The van der Waals surface area contributed by atoms with E-state index in [1.807, 2.05) is 43.3 Å². The van der Waals surface area contributed by atoms with Gasteiger partial charge in [0.25, 0.3) is 0 Å². The monoisotopic (exact) mass is 367 g/mol. The Hall–Kier alpha value is -2.24. The third-order valence-corrected chi connectivity index (χ3v) is 7.17. The van der Waals surface area contributed by atoms with E-state index in [0.717, 1.165) is 28.7 Å². The van der Waals surface area contributed by atoms with Crippen LogP contribution in [0.3, 0.4) is 0 Å². The first-order valence-corrected chi connectivity index (χ1v) is 10.2. The van der Waals surface area contributed by atoms with E-state index in [1.165, 1.54) is 4.31 Å². The molecule has 0 N–H and O–H groups in total. The number of carbonyl (C=O) groups is 1. The molecule has 0 amide bonds. The lowest BCUT2D eigenvalue weighted by Crippen LogP contribution is -2.29. The summed E-state index contributed by atoms with van der Waals surface area (Å²) in [5, 5.41) is 0. The van der Waals surface area contributed by atoms with Crippen LogP contribution in [0.5, 0.6) is 0 Å². The molecule has 0 spiro atoms. The van der Waals surface area contributed by atoms with Crippen molar-refractivity contribution in [2.24, 2.45) is 5.92 Å². The maximum Gasteiger partial charge on any atom is 0.243 e. The van der Waals surface area contributed by atoms with Crippen LogP contribution >= 0.6 is 0 Å². The van der Waals surface area contributed by atoms with Crippen LogP contribution in [0.25, 0.3) is 5.57 Å². The molecule has 2 aliphatic rings. The number of hydrogen-bond acceptors (Lipinski definition) is 3. The Kier molecular flexibility index (Phi) is 4.09. The average Bonchev–Trinajstić information content (AvgIpc) is 3.03. The molecular formula is C21H21NO3S. The predicted molar refractivity (Wildman–Crippen MR) is 101 cm³/mol. The van der Waals surface area contributed by atoms with Crippen LogP contribution < -0.4 is 0 Å². The molecule has 26 heavy (non-hydrogen) atoms. The molecule has 2 aromatic rings. The summed E-state index contributed by atoms with van der Waals surface area (Å²) in [7, 11) is -3.56. The van der Waals surface area contributed by atoms with Gasteiger partial charge >= 0.3 is 0 Å². The van der Waals surface area contributed by atoms with Gasteiger partial charge in [0.1, 0.15) is 0 Å². The highest BCUT2D eigenvalue weighted by atomic mass is 32.2. The zero-order chi connectivity index (χ0) is 18.5. The van der Waals surface area contributed by atoms with Gasteiger partial charge in [-0.3, -0.25) is 4.79 Å². The first kappa shape index (κ1) is 17.2. The molecule has 134 valence electrons. The molecule has 0 unspecified atom stereocenters. The topological polar surface area (TPSA) is 54.5 Å². The van der Waals surface area contributed by atoms with E-state index in [9.17, 15) is 13.2 Å². The molecule has 2 aromatic carbocycles. The van der Waals surface area contributed by atoms with Crippen LogP contribution in [0.15, 0.2) is 59.0 Å². The van der Waals surface area contributed by atoms with E-state index >= 15 is 0 Å². The third-order valence-electron chi connectivity index (χ3n) is 5.35. The molecule has 1 saturated heterocycles. The summed E-state index contributed by atoms with van der Waals surface area (Å²) in [6.45, 7) is 4.22. The molecule has 1 aliphatic carbocycles. The van der Waals surface area contributed by atoms with Crippen LogP contribution in [0.4, 0.5) is 0 Å². The zero-order valence-electron chi connectivity index (χ0n) is 14.9. The number of allylic oxidation sites excluding steroid dienone is 1. The number of hydrogen-bond donors (Lipinski definition) is 0. The van der Waals surface area contributed by atoms with Gasteiger partial charge in [0.05, 0.1) is 4.90 Å². The minimum atomic E-state index is -3.56. The van der Waals surface area contributed by atoms with Crippen LogP contribution in [0, 0.1) is 12.8 Å². The minimum Gasteiger partial charge on any atom is -0.294 e. The molecule has 1 aliphatic heterocycles. The second-order valence-electron chi connectivity index (χ2n) is 7.13. The number of fused-ring (bicyclic) bond motifs is 2. The van der Waals surface area contributed by atoms with Gasteiger partial charge in [-0.1, -0.05) is 42.0 Å². The fourth-order valence-electron chi connectivity index (χ4n) is 4.05. The summed E-state index contributed by atoms with van der Waals surface area (Å²) in [5.74, 6) is 0.0794. The molecule has 0 radical (unpaired) electrons. The van der Waals surface area contributed by atoms with Crippen molar-refractivity contribution >= 4 is 21.4 Å². The summed E-state index contributed by atoms with van der Waals surface area (Å²) in [6, 6.07) is 14.8. The number of ketones is 1. The van der Waals surface area contributed by atoms with Crippen LogP contribution in [0.2, 0.25) is 0 Å². The quantitative estimate of drug-likeness (QED) is 0.837. The van der Waals surface area contributed by atoms with Crippen molar-refractivity contribution in [3.63, 3.8) is 0 Å². The molecule has 0 saturated carbocycles. The van der Waals surface area contributed by atoms with Crippen molar-refractivity contribution < 1.29 is 13.2 Å². The Morgan fingerprint density at radius 2 is 1.77 bits per heavy atom. The Morgan fingerprint density at radius 1 is 1.08 bits per heavy atom. The lowest BCUT2D eigenvalue weighted by molar-refractivity contribution is -0.111. The number of aryl methyl sites for hydroxylation is 1. The highest BCUT2D eigenvalue weighted by Gasteiger charge is 2.40. The SMILES string of the molecule is CC(=O)C1=C2CN(S(=O)(=O)c3ccc(C)cc3)C[C@@H]2Cc2ccccc21. The number of carbonyl (C=O) groups excluding carboxylic acids is 1. The first-order valence-electron chi connectivity index (χ1n) is 8.77. The van der Waals surface area contributed by atoms with Crippen LogP contribution in [-0.2, 0) is 21.2 Å². The average molecular weight is 367 g/mol. The Balaban J connectivity index is 1.75. The van der Waals surface area contributed by atoms with Gasteiger partial charge in [-0.2, -0.15) is 4.31 Å². The number of Topliss-reactive ketones (excluding diaryl/α,β-unsaturated/α-hetero) is 1. The number of benzene rings is 2. The van der Waals surface area contributed by atoms with Crippen LogP contribution in [-0.4, -0.2) is 31.6 Å². The lowest BCUT2D eigenvalue weighted by Gasteiger charge is -2.24. The summed E-state index contributed by atoms with van der Waals surface area (Å²) >= 11 is 0. The normalized spacial score (nSPS) is 20.0. The molecule has 0 bridgehead atoms. The number of rotatable bonds is 3. The van der Waals surface area contributed by atoms with Crippen molar-refractivity contribution in [3.05, 3.63) is 70.8 Å². The zero-order valence-corrected chi connectivity index (χ0v) is 15.7. The summed E-state index contributed by atoms with van der Waals surface area (Å²) in [5.41, 5.74) is 4.78. The van der Waals surface area contributed by atoms with Gasteiger partial charge in [-0.15, -0.1) is 0 Å². The Morgan fingerprint density at radius 3 is 2.46 bits per heavy atom. The Labute approximate surface area is 154 Å². The van der Waals surface area contributed by atoms with Gasteiger partial charge in [-0.05, 0) is 49.1 Å². The molecule has 1 atom stereocenters. The van der Waals surface area contributed by atoms with E-state index in [1.54, 1.807) is 19.1 Å². The highest BCUT2D eigenvalue weighted by Crippen LogP contribution is 2.41. The van der Waals surface area contributed by atoms with Crippen molar-refractivity contribution in [1.29, 1.82) is 0 Å². The maximum absolute atomic E-state index is 13.1. The fourth-order valence-corrected chi connectivity index (χ4v) is 5.51. The van der Waals surface area contributed by atoms with E-state index in [4.69, 9.17) is 0 Å². The van der Waals surface area contributed by atoms with Crippen LogP contribution in [0.1, 0.15) is 23.6 Å². The standard InChI is InChI=1S/C21H21NO3S/c1-14-7-9-18(10-8-14)26(24,25)22-12-17-11-16-5-3-4-6-19(16)21(15(2)23)20(17)13-22/h3-10,17H,11-13H2,1-2H3/t17-/m0/s1. The molecule has 0 aromatic heterocycles. The van der Waals surface area contributed by atoms with E-state index in [2.05, 4.69) is 0 Å². The highest BCUT2D eigenvalue weighted by molar-refractivity contribution is 7.89. The van der Waals surface area contributed by atoms with Crippen molar-refractivity contribution in [2.75, 3.05) is 13.1 Å². The fraction of sp³-hybridized carbons (Fsp3) is 0.286. The Bertz CT molecular complexity index is 1020. The largest absolute Gasteiger partial charge is 0.294 e. The molecule has 5 heteroatoms. The molecular weight excluding hydrogens is 346 g/mol. The second-order valence-corrected chi connectivity index (χ2v) is 9.06. The van der Waals surface area contributed by atoms with Gasteiger partial charge in [0.2, 0.25) is 10.0 Å². The summed E-state index contributed by atoms with van der Waals surface area (Å²) in [4.78, 5) is 12.7. The van der Waals surface area contributed by atoms with Gasteiger partial charge in [0, 0.05) is 24.6 Å². The van der Waals surface area contributed by atoms with Gasteiger partial charge < -0.3 is 0 Å². The smallest absolute Gasteiger partial charge is 0.243 e. The number of nitrogens with zero attached hydrogens (tertiary/aromatic N) is 1. The van der Waals surface area contributed by atoms with E-state index in [-0.39, 0.29) is 11.7 Å². The molecule has 4 rings (SSSR count). The van der Waals surface area contributed by atoms with Gasteiger partial charge in [0.15, 0.2) is 5.78 Å². The molecule has 1 fully saturated rings. The minimum absolute atomic E-state index is 0.00624. The van der Waals surface area contributed by atoms with E-state index < -0.39 is 10.0 Å². The van der Waals surface area contributed by atoms with Crippen molar-refractivity contribution in [2.45, 2.75) is 25.2 Å². The van der Waals surface area contributed by atoms with Gasteiger partial charge in [-0.25, -0.2) is 8.42 Å². The second kappa shape index (κ2) is 6.18. The van der Waals surface area contributed by atoms with E-state index in [0.29, 0.717) is 23.6 Å². The summed E-state index contributed by atoms with van der Waals surface area (Å²) < 4.78 is 27.6. The van der Waals surface area contributed by atoms with Crippen molar-refractivity contribution in [3.8, 4) is 0 Å². The lowest BCUT2D eigenvalue weighted by atomic mass is 9.79. The predicted octanol–water partition coefficient (Wildman–Crippen LogP) is 3.21.